The van der Waals surface area contributed by atoms with Crippen molar-refractivity contribution in [3.63, 3.8) is 0 Å². The lowest BCUT2D eigenvalue weighted by atomic mass is 10.1. The Morgan fingerprint density at radius 1 is 1.17 bits per heavy atom. The molecule has 0 unspecified atom stereocenters. The number of aliphatic hydroxyl groups excluding tert-OH is 1. The third-order valence-electron chi connectivity index (χ3n) is 4.44. The number of aliphatic hydroxyl groups is 1. The number of rotatable bonds is 9. The topological polar surface area (TPSA) is 96.5 Å². The molecule has 0 fully saturated rings. The number of thiazole rings is 1. The van der Waals surface area contributed by atoms with Crippen molar-refractivity contribution < 1.29 is 13.5 Å². The zero-order chi connectivity index (χ0) is 21.0. The number of anilines is 1. The van der Waals surface area contributed by atoms with Crippen LogP contribution in [0.2, 0.25) is 0 Å². The summed E-state index contributed by atoms with van der Waals surface area (Å²) in [5.41, 5.74) is 7.36. The molecule has 1 heterocycles. The highest BCUT2D eigenvalue weighted by molar-refractivity contribution is 7.89. The lowest BCUT2D eigenvalue weighted by Crippen LogP contribution is -2.40. The van der Waals surface area contributed by atoms with Gasteiger partial charge in [0.25, 0.3) is 0 Å². The van der Waals surface area contributed by atoms with Gasteiger partial charge in [0, 0.05) is 13.1 Å². The first-order chi connectivity index (χ1) is 13.8. The first-order valence-electron chi connectivity index (χ1n) is 9.47. The normalized spacial score (nSPS) is 13.4. The van der Waals surface area contributed by atoms with E-state index < -0.39 is 16.1 Å². The van der Waals surface area contributed by atoms with Crippen molar-refractivity contribution in [2.24, 2.45) is 5.92 Å². The average molecular weight is 433 g/mol. The summed E-state index contributed by atoms with van der Waals surface area (Å²) in [6.45, 7) is 4.22. The fourth-order valence-corrected chi connectivity index (χ4v) is 5.44. The van der Waals surface area contributed by atoms with Crippen molar-refractivity contribution in [3.8, 4) is 0 Å². The second kappa shape index (κ2) is 9.21. The van der Waals surface area contributed by atoms with Gasteiger partial charge < -0.3 is 10.8 Å². The summed E-state index contributed by atoms with van der Waals surface area (Å²) in [6, 6.07) is 14.6. The molecule has 8 heteroatoms. The first-order valence-corrected chi connectivity index (χ1v) is 11.7. The second-order valence-corrected chi connectivity index (χ2v) is 10.4. The molecular formula is C21H26N3O3S2. The minimum Gasteiger partial charge on any atom is -0.391 e. The maximum absolute atomic E-state index is 13.3. The third kappa shape index (κ3) is 5.54. The molecule has 0 aliphatic heterocycles. The monoisotopic (exact) mass is 432 g/mol. The highest BCUT2D eigenvalue weighted by Crippen LogP contribution is 2.27. The van der Waals surface area contributed by atoms with Gasteiger partial charge in [-0.05, 0) is 42.5 Å². The first kappa shape index (κ1) is 21.7. The van der Waals surface area contributed by atoms with E-state index in [1.165, 1.54) is 15.6 Å². The lowest BCUT2D eigenvalue weighted by Gasteiger charge is -2.26. The van der Waals surface area contributed by atoms with E-state index in [1.54, 1.807) is 24.6 Å². The van der Waals surface area contributed by atoms with Crippen molar-refractivity contribution in [1.29, 1.82) is 0 Å². The Kier molecular flexibility index (Phi) is 6.89. The molecule has 0 amide bonds. The van der Waals surface area contributed by atoms with E-state index in [9.17, 15) is 13.5 Å². The fraction of sp³-hybridized carbons (Fsp3) is 0.333. The van der Waals surface area contributed by atoms with Crippen molar-refractivity contribution in [3.05, 3.63) is 60.5 Å². The minimum atomic E-state index is -3.78. The smallest absolute Gasteiger partial charge is 0.243 e. The highest BCUT2D eigenvalue weighted by Gasteiger charge is 2.28. The molecule has 0 spiro atoms. The second-order valence-electron chi connectivity index (χ2n) is 7.39. The van der Waals surface area contributed by atoms with E-state index in [0.717, 1.165) is 10.3 Å². The molecule has 155 valence electrons. The van der Waals surface area contributed by atoms with Crippen molar-refractivity contribution in [2.45, 2.75) is 31.3 Å². The minimum absolute atomic E-state index is 0.00455. The summed E-state index contributed by atoms with van der Waals surface area (Å²) < 4.78 is 28.7. The Balaban J connectivity index is 1.78. The molecular weight excluding hydrogens is 406 g/mol. The number of nitrogens with zero attached hydrogens (tertiary/aromatic N) is 2. The zero-order valence-electron chi connectivity index (χ0n) is 16.5. The maximum atomic E-state index is 13.3. The van der Waals surface area contributed by atoms with Crippen molar-refractivity contribution in [1.82, 2.24) is 9.29 Å². The summed E-state index contributed by atoms with van der Waals surface area (Å²) in [5.74, 6) is 0.116. The molecule has 3 N–H and O–H groups in total. The average Bonchev–Trinajstić information content (AvgIpc) is 3.05. The van der Waals surface area contributed by atoms with Crippen LogP contribution >= 0.6 is 11.3 Å². The van der Waals surface area contributed by atoms with E-state index in [-0.39, 0.29) is 17.4 Å². The van der Waals surface area contributed by atoms with E-state index >= 15 is 0 Å². The van der Waals surface area contributed by atoms with E-state index in [4.69, 9.17) is 5.73 Å². The van der Waals surface area contributed by atoms with Crippen LogP contribution in [-0.2, 0) is 16.4 Å². The van der Waals surface area contributed by atoms with Gasteiger partial charge in [0.15, 0.2) is 5.13 Å². The predicted molar refractivity (Wildman–Crippen MR) is 118 cm³/mol. The number of aromatic nitrogens is 1. The van der Waals surface area contributed by atoms with Crippen molar-refractivity contribution in [2.75, 3.05) is 18.8 Å². The van der Waals surface area contributed by atoms with Crippen LogP contribution in [0.5, 0.6) is 0 Å². The SMILES string of the molecule is CC(C)CN(C[C@H](O)[CH]Cc1ccccc1)S(=O)(=O)c1ccc2sc(N)nc2c1. The number of benzene rings is 2. The Labute approximate surface area is 176 Å². The number of nitrogens with two attached hydrogens (primary N) is 1. The molecule has 2 aromatic carbocycles. The molecule has 1 radical (unpaired) electrons. The van der Waals surface area contributed by atoms with Crippen LogP contribution in [0, 0.1) is 12.3 Å². The Morgan fingerprint density at radius 3 is 2.59 bits per heavy atom. The van der Waals surface area contributed by atoms with Crippen molar-refractivity contribution >= 4 is 36.7 Å². The molecule has 3 rings (SSSR count). The van der Waals surface area contributed by atoms with Crippen LogP contribution < -0.4 is 5.73 Å². The lowest BCUT2D eigenvalue weighted by molar-refractivity contribution is 0.167. The van der Waals surface area contributed by atoms with Crippen LogP contribution in [0.15, 0.2) is 53.4 Å². The highest BCUT2D eigenvalue weighted by atomic mass is 32.2. The van der Waals surface area contributed by atoms with Gasteiger partial charge in [-0.15, -0.1) is 0 Å². The Bertz CT molecular complexity index is 1050. The molecule has 0 saturated carbocycles. The van der Waals surface area contributed by atoms with Gasteiger partial charge in [0.1, 0.15) is 0 Å². The number of hydrogen-bond acceptors (Lipinski definition) is 6. The maximum Gasteiger partial charge on any atom is 0.243 e. The zero-order valence-corrected chi connectivity index (χ0v) is 18.2. The Morgan fingerprint density at radius 2 is 1.90 bits per heavy atom. The molecule has 0 saturated heterocycles. The number of sulfonamides is 1. The van der Waals surface area contributed by atoms with E-state index in [0.29, 0.717) is 23.6 Å². The quantitative estimate of drug-likeness (QED) is 0.541. The molecule has 1 atom stereocenters. The van der Waals surface area contributed by atoms with Crippen LogP contribution in [-0.4, -0.2) is 42.0 Å². The summed E-state index contributed by atoms with van der Waals surface area (Å²) in [6.07, 6.45) is 1.44. The van der Waals surface area contributed by atoms with E-state index in [1.807, 2.05) is 44.2 Å². The standard InChI is InChI=1S/C21H26N3O3S2/c1-15(2)13-24(14-17(25)9-8-16-6-4-3-5-7-16)29(26,27)18-10-11-20-19(12-18)23-21(22)28-20/h3-7,9-12,15,17,25H,8,13-14H2,1-2H3,(H2,22,23)/t17-/m1/s1. The van der Waals surface area contributed by atoms with Crippen LogP contribution in [0.4, 0.5) is 5.13 Å². The van der Waals surface area contributed by atoms with Gasteiger partial charge in [-0.3, -0.25) is 0 Å². The summed E-state index contributed by atoms with van der Waals surface area (Å²) in [7, 11) is -3.78. The van der Waals surface area contributed by atoms with Gasteiger partial charge in [-0.1, -0.05) is 55.5 Å². The van der Waals surface area contributed by atoms with Crippen LogP contribution in [0.3, 0.4) is 0 Å². The predicted octanol–water partition coefficient (Wildman–Crippen LogP) is 3.33. The fourth-order valence-electron chi connectivity index (χ4n) is 3.08. The summed E-state index contributed by atoms with van der Waals surface area (Å²) >= 11 is 1.32. The third-order valence-corrected chi connectivity index (χ3v) is 7.13. The number of hydrogen-bond donors (Lipinski definition) is 2. The summed E-state index contributed by atoms with van der Waals surface area (Å²) in [4.78, 5) is 4.35. The van der Waals surface area contributed by atoms with E-state index in [2.05, 4.69) is 4.98 Å². The number of nitrogen functional groups attached to an aromatic ring is 1. The molecule has 0 aliphatic carbocycles. The van der Waals surface area contributed by atoms with Gasteiger partial charge in [-0.25, -0.2) is 13.4 Å². The summed E-state index contributed by atoms with van der Waals surface area (Å²) in [5, 5.41) is 10.9. The molecule has 0 bridgehead atoms. The molecule has 0 aliphatic rings. The molecule has 6 nitrogen and oxygen atoms in total. The van der Waals surface area contributed by atoms with Gasteiger partial charge in [-0.2, -0.15) is 4.31 Å². The Hall–Kier alpha value is -2.00. The van der Waals surface area contributed by atoms with Gasteiger partial charge in [0.05, 0.1) is 21.2 Å². The van der Waals surface area contributed by atoms with Gasteiger partial charge in [0.2, 0.25) is 10.0 Å². The van der Waals surface area contributed by atoms with Gasteiger partial charge >= 0.3 is 0 Å². The molecule has 1 aromatic heterocycles. The molecule has 3 aromatic rings. The van der Waals surface area contributed by atoms with Crippen LogP contribution in [0.25, 0.3) is 10.2 Å². The number of fused-ring (bicyclic) bond motifs is 1. The van der Waals surface area contributed by atoms with Crippen LogP contribution in [0.1, 0.15) is 19.4 Å². The molecule has 29 heavy (non-hydrogen) atoms. The largest absolute Gasteiger partial charge is 0.391 e.